The van der Waals surface area contributed by atoms with Gasteiger partial charge in [-0.3, -0.25) is 0 Å². The maximum atomic E-state index is 12.7. The Hall–Kier alpha value is -1.48. The molecule has 1 aromatic rings. The van der Waals surface area contributed by atoms with Crippen LogP contribution in [0, 0.1) is 0 Å². The monoisotopic (exact) mass is 304 g/mol. The molecule has 0 aliphatic rings. The predicted octanol–water partition coefficient (Wildman–Crippen LogP) is 3.11. The molecule has 1 rings (SSSR count). The number of benzene rings is 1. The van der Waals surface area contributed by atoms with Crippen molar-refractivity contribution in [1.29, 1.82) is 0 Å². The summed E-state index contributed by atoms with van der Waals surface area (Å²) in [5.74, 6) is -0.670. The fourth-order valence-corrected chi connectivity index (χ4v) is 1.29. The predicted molar refractivity (Wildman–Crippen MR) is 54.9 cm³/mol. The summed E-state index contributed by atoms with van der Waals surface area (Å²) in [6.07, 6.45) is -9.35. The standard InChI is InChI=1S/C11H10F6O3/c12-10(13,14)5-19-6-20-9-2-1-7(4-18)3-8(9)11(15,16)17/h1-3,18H,4-6H2. The molecule has 0 aliphatic heterocycles. The molecule has 114 valence electrons. The van der Waals surface area contributed by atoms with Crippen molar-refractivity contribution in [3.05, 3.63) is 29.3 Å². The minimum absolute atomic E-state index is 0.000819. The zero-order valence-corrected chi connectivity index (χ0v) is 9.88. The van der Waals surface area contributed by atoms with Gasteiger partial charge in [-0.2, -0.15) is 26.3 Å². The number of aliphatic hydroxyl groups excluding tert-OH is 1. The summed E-state index contributed by atoms with van der Waals surface area (Å²) >= 11 is 0. The van der Waals surface area contributed by atoms with E-state index in [0.29, 0.717) is 6.07 Å². The van der Waals surface area contributed by atoms with Crippen molar-refractivity contribution < 1.29 is 40.9 Å². The normalized spacial score (nSPS) is 12.6. The molecule has 0 bridgehead atoms. The van der Waals surface area contributed by atoms with Crippen LogP contribution in [0.15, 0.2) is 18.2 Å². The van der Waals surface area contributed by atoms with Gasteiger partial charge in [0.2, 0.25) is 0 Å². The quantitative estimate of drug-likeness (QED) is 0.516. The van der Waals surface area contributed by atoms with Gasteiger partial charge in [0, 0.05) is 0 Å². The number of alkyl halides is 6. The van der Waals surface area contributed by atoms with Crippen molar-refractivity contribution in [2.75, 3.05) is 13.4 Å². The zero-order chi connectivity index (χ0) is 15.4. The number of hydrogen-bond donors (Lipinski definition) is 1. The van der Waals surface area contributed by atoms with E-state index in [2.05, 4.69) is 9.47 Å². The van der Waals surface area contributed by atoms with Crippen LogP contribution in [0.3, 0.4) is 0 Å². The molecule has 0 saturated heterocycles. The van der Waals surface area contributed by atoms with Crippen LogP contribution in [-0.2, 0) is 17.5 Å². The maximum Gasteiger partial charge on any atom is 0.419 e. The molecule has 0 aliphatic carbocycles. The molecule has 1 N–H and O–H groups in total. The van der Waals surface area contributed by atoms with Gasteiger partial charge in [-0.15, -0.1) is 0 Å². The van der Waals surface area contributed by atoms with E-state index >= 15 is 0 Å². The summed E-state index contributed by atoms with van der Waals surface area (Å²) in [4.78, 5) is 0. The van der Waals surface area contributed by atoms with Crippen molar-refractivity contribution in [2.24, 2.45) is 0 Å². The summed E-state index contributed by atoms with van der Waals surface area (Å²) in [7, 11) is 0. The lowest BCUT2D eigenvalue weighted by Crippen LogP contribution is -2.19. The van der Waals surface area contributed by atoms with E-state index in [1.165, 1.54) is 0 Å². The zero-order valence-electron chi connectivity index (χ0n) is 9.88. The molecule has 0 saturated carbocycles. The summed E-state index contributed by atoms with van der Waals surface area (Å²) in [5, 5.41) is 8.76. The second kappa shape index (κ2) is 6.31. The van der Waals surface area contributed by atoms with Gasteiger partial charge < -0.3 is 14.6 Å². The van der Waals surface area contributed by atoms with Crippen molar-refractivity contribution in [2.45, 2.75) is 19.0 Å². The second-order valence-corrected chi connectivity index (χ2v) is 3.71. The Bertz CT molecular complexity index is 441. The number of aliphatic hydroxyl groups is 1. The first-order valence-electron chi connectivity index (χ1n) is 5.22. The second-order valence-electron chi connectivity index (χ2n) is 3.71. The molecule has 9 heteroatoms. The van der Waals surface area contributed by atoms with Crippen LogP contribution in [0.25, 0.3) is 0 Å². The van der Waals surface area contributed by atoms with Crippen LogP contribution in [0.5, 0.6) is 5.75 Å². The number of hydrogen-bond acceptors (Lipinski definition) is 3. The van der Waals surface area contributed by atoms with Crippen molar-refractivity contribution >= 4 is 0 Å². The number of rotatable bonds is 5. The highest BCUT2D eigenvalue weighted by atomic mass is 19.4. The lowest BCUT2D eigenvalue weighted by atomic mass is 10.1. The molecule has 0 amide bonds. The van der Waals surface area contributed by atoms with Gasteiger partial charge in [-0.25, -0.2) is 0 Å². The highest BCUT2D eigenvalue weighted by Gasteiger charge is 2.35. The molecule has 0 atom stereocenters. The van der Waals surface area contributed by atoms with Gasteiger partial charge >= 0.3 is 12.4 Å². The first-order chi connectivity index (χ1) is 9.13. The molecule has 0 spiro atoms. The summed E-state index contributed by atoms with van der Waals surface area (Å²) in [6.45, 7) is -3.20. The summed E-state index contributed by atoms with van der Waals surface area (Å²) in [6, 6.07) is 2.72. The van der Waals surface area contributed by atoms with E-state index in [1.54, 1.807) is 0 Å². The SMILES string of the molecule is OCc1ccc(OCOCC(F)(F)F)c(C(F)(F)F)c1. The van der Waals surface area contributed by atoms with Gasteiger partial charge in [-0.05, 0) is 17.7 Å². The van der Waals surface area contributed by atoms with Gasteiger partial charge in [0.25, 0.3) is 0 Å². The van der Waals surface area contributed by atoms with Crippen LogP contribution in [0.4, 0.5) is 26.3 Å². The smallest absolute Gasteiger partial charge is 0.419 e. The van der Waals surface area contributed by atoms with Crippen LogP contribution in [-0.4, -0.2) is 24.7 Å². The molecule has 0 aromatic heterocycles. The molecular formula is C11H10F6O3. The molecule has 0 fully saturated rings. The largest absolute Gasteiger partial charge is 0.467 e. The molecule has 1 aromatic carbocycles. The molecule has 0 radical (unpaired) electrons. The van der Waals surface area contributed by atoms with Crippen LogP contribution >= 0.6 is 0 Å². The van der Waals surface area contributed by atoms with E-state index in [9.17, 15) is 26.3 Å². The average molecular weight is 304 g/mol. The van der Waals surface area contributed by atoms with E-state index in [-0.39, 0.29) is 5.56 Å². The Labute approximate surface area is 109 Å². The Balaban J connectivity index is 2.74. The van der Waals surface area contributed by atoms with Crippen LogP contribution < -0.4 is 4.74 Å². The average Bonchev–Trinajstić information content (AvgIpc) is 2.32. The molecule has 0 heterocycles. The van der Waals surface area contributed by atoms with E-state index in [1.807, 2.05) is 0 Å². The lowest BCUT2D eigenvalue weighted by molar-refractivity contribution is -0.187. The Morgan fingerprint density at radius 3 is 2.20 bits per heavy atom. The van der Waals surface area contributed by atoms with Gasteiger partial charge in [0.15, 0.2) is 6.79 Å². The molecular weight excluding hydrogens is 294 g/mol. The van der Waals surface area contributed by atoms with E-state index in [4.69, 9.17) is 5.11 Å². The third kappa shape index (κ3) is 5.25. The highest BCUT2D eigenvalue weighted by molar-refractivity contribution is 5.39. The minimum Gasteiger partial charge on any atom is -0.467 e. The van der Waals surface area contributed by atoms with E-state index in [0.717, 1.165) is 12.1 Å². The van der Waals surface area contributed by atoms with Crippen molar-refractivity contribution in [3.8, 4) is 5.75 Å². The third-order valence-electron chi connectivity index (χ3n) is 2.10. The number of halogens is 6. The molecule has 20 heavy (non-hydrogen) atoms. The van der Waals surface area contributed by atoms with Gasteiger partial charge in [0.05, 0.1) is 12.2 Å². The lowest BCUT2D eigenvalue weighted by Gasteiger charge is -2.15. The minimum atomic E-state index is -4.76. The molecule has 0 unspecified atom stereocenters. The Kier molecular flexibility index (Phi) is 5.23. The van der Waals surface area contributed by atoms with Gasteiger partial charge in [0.1, 0.15) is 12.4 Å². The van der Waals surface area contributed by atoms with Crippen molar-refractivity contribution in [3.63, 3.8) is 0 Å². The third-order valence-corrected chi connectivity index (χ3v) is 2.10. The van der Waals surface area contributed by atoms with Crippen LogP contribution in [0.1, 0.15) is 11.1 Å². The summed E-state index contributed by atoms with van der Waals surface area (Å²) in [5.41, 5.74) is -1.19. The first kappa shape index (κ1) is 16.6. The maximum absolute atomic E-state index is 12.7. The number of ether oxygens (including phenoxy) is 2. The fraction of sp³-hybridized carbons (Fsp3) is 0.455. The van der Waals surface area contributed by atoms with Crippen LogP contribution in [0.2, 0.25) is 0 Å². The first-order valence-corrected chi connectivity index (χ1v) is 5.22. The Morgan fingerprint density at radius 1 is 1.05 bits per heavy atom. The molecule has 3 nitrogen and oxygen atoms in total. The van der Waals surface area contributed by atoms with E-state index < -0.39 is 43.7 Å². The fourth-order valence-electron chi connectivity index (χ4n) is 1.29. The highest BCUT2D eigenvalue weighted by Crippen LogP contribution is 2.36. The topological polar surface area (TPSA) is 38.7 Å². The Morgan fingerprint density at radius 2 is 1.70 bits per heavy atom. The summed E-state index contributed by atoms with van der Waals surface area (Å²) < 4.78 is 81.9. The van der Waals surface area contributed by atoms with Crippen molar-refractivity contribution in [1.82, 2.24) is 0 Å². The van der Waals surface area contributed by atoms with Gasteiger partial charge in [-0.1, -0.05) is 6.07 Å².